The molecule has 20 heavy (non-hydrogen) atoms. The number of hydrogen-bond donors (Lipinski definition) is 1. The molecule has 1 heterocycles. The van der Waals surface area contributed by atoms with Crippen LogP contribution in [0.1, 0.15) is 67.3 Å². The lowest BCUT2D eigenvalue weighted by Crippen LogP contribution is -2.11. The molecule has 0 aliphatic heterocycles. The van der Waals surface area contributed by atoms with Crippen molar-refractivity contribution in [2.24, 2.45) is 0 Å². The van der Waals surface area contributed by atoms with Crippen molar-refractivity contribution in [2.45, 2.75) is 69.1 Å². The SMILES string of the molecule is CCc1nc(C)c(C(=O)O)c(SC2CCCCCC2)n1. The molecule has 0 saturated heterocycles. The van der Waals surface area contributed by atoms with E-state index in [9.17, 15) is 9.90 Å². The summed E-state index contributed by atoms with van der Waals surface area (Å²) in [5.74, 6) is -0.176. The van der Waals surface area contributed by atoms with Crippen molar-refractivity contribution in [1.29, 1.82) is 0 Å². The topological polar surface area (TPSA) is 63.1 Å². The highest BCUT2D eigenvalue weighted by Crippen LogP contribution is 2.34. The minimum Gasteiger partial charge on any atom is -0.478 e. The second-order valence-electron chi connectivity index (χ2n) is 5.30. The van der Waals surface area contributed by atoms with Crippen LogP contribution in [0.25, 0.3) is 0 Å². The van der Waals surface area contributed by atoms with Gasteiger partial charge in [-0.25, -0.2) is 14.8 Å². The van der Waals surface area contributed by atoms with Gasteiger partial charge in [0.05, 0.1) is 5.69 Å². The third-order valence-corrected chi connectivity index (χ3v) is 5.04. The van der Waals surface area contributed by atoms with Crippen LogP contribution in [0.15, 0.2) is 5.03 Å². The summed E-state index contributed by atoms with van der Waals surface area (Å²) in [7, 11) is 0. The van der Waals surface area contributed by atoms with E-state index >= 15 is 0 Å². The summed E-state index contributed by atoms with van der Waals surface area (Å²) in [5.41, 5.74) is 0.872. The van der Waals surface area contributed by atoms with Crippen LogP contribution in [0.4, 0.5) is 0 Å². The summed E-state index contributed by atoms with van der Waals surface area (Å²) in [6.45, 7) is 3.76. The highest BCUT2D eigenvalue weighted by atomic mass is 32.2. The number of aryl methyl sites for hydroxylation is 2. The zero-order valence-electron chi connectivity index (χ0n) is 12.2. The normalized spacial score (nSPS) is 16.9. The average Bonchev–Trinajstić information content (AvgIpc) is 2.66. The van der Waals surface area contributed by atoms with Gasteiger partial charge in [-0.15, -0.1) is 11.8 Å². The number of carboxylic acid groups (broad SMARTS) is 1. The van der Waals surface area contributed by atoms with Crippen molar-refractivity contribution < 1.29 is 9.90 Å². The monoisotopic (exact) mass is 294 g/mol. The molecule has 2 rings (SSSR count). The van der Waals surface area contributed by atoms with Crippen molar-refractivity contribution >= 4 is 17.7 Å². The van der Waals surface area contributed by atoms with Gasteiger partial charge in [-0.05, 0) is 19.8 Å². The van der Waals surface area contributed by atoms with E-state index in [4.69, 9.17) is 0 Å². The zero-order valence-corrected chi connectivity index (χ0v) is 13.0. The van der Waals surface area contributed by atoms with Gasteiger partial charge in [0.2, 0.25) is 0 Å². The molecule has 0 bridgehead atoms. The van der Waals surface area contributed by atoms with E-state index in [-0.39, 0.29) is 5.56 Å². The van der Waals surface area contributed by atoms with Crippen LogP contribution in [0, 0.1) is 6.92 Å². The standard InChI is InChI=1S/C15H22N2O2S/c1-3-12-16-10(2)13(15(18)19)14(17-12)20-11-8-6-4-5-7-9-11/h11H,3-9H2,1-2H3,(H,18,19). The highest BCUT2D eigenvalue weighted by molar-refractivity contribution is 7.99. The van der Waals surface area contributed by atoms with Crippen LogP contribution < -0.4 is 0 Å². The minimum atomic E-state index is -0.915. The average molecular weight is 294 g/mol. The Morgan fingerprint density at radius 3 is 2.45 bits per heavy atom. The van der Waals surface area contributed by atoms with Gasteiger partial charge in [0.15, 0.2) is 0 Å². The molecular formula is C15H22N2O2S. The molecule has 0 aromatic carbocycles. The molecule has 1 aliphatic rings. The molecule has 1 aromatic rings. The Kier molecular flexibility index (Phi) is 5.40. The molecule has 1 saturated carbocycles. The van der Waals surface area contributed by atoms with Gasteiger partial charge >= 0.3 is 5.97 Å². The summed E-state index contributed by atoms with van der Waals surface area (Å²) in [6.07, 6.45) is 8.13. The van der Waals surface area contributed by atoms with Crippen LogP contribution in [0.2, 0.25) is 0 Å². The number of rotatable bonds is 4. The van der Waals surface area contributed by atoms with Crippen LogP contribution in [-0.2, 0) is 6.42 Å². The lowest BCUT2D eigenvalue weighted by molar-refractivity contribution is 0.0690. The van der Waals surface area contributed by atoms with Gasteiger partial charge in [0.25, 0.3) is 0 Å². The molecule has 1 aliphatic carbocycles. The molecule has 0 atom stereocenters. The van der Waals surface area contributed by atoms with Crippen molar-refractivity contribution in [3.8, 4) is 0 Å². The quantitative estimate of drug-likeness (QED) is 0.675. The van der Waals surface area contributed by atoms with Gasteiger partial charge in [0.1, 0.15) is 16.4 Å². The maximum Gasteiger partial charge on any atom is 0.340 e. The van der Waals surface area contributed by atoms with Gasteiger partial charge in [0, 0.05) is 11.7 Å². The molecule has 0 radical (unpaired) electrons. The predicted molar refractivity (Wildman–Crippen MR) is 80.5 cm³/mol. The second-order valence-corrected chi connectivity index (χ2v) is 6.58. The summed E-state index contributed by atoms with van der Waals surface area (Å²) >= 11 is 1.64. The Morgan fingerprint density at radius 2 is 1.90 bits per heavy atom. The lowest BCUT2D eigenvalue weighted by Gasteiger charge is -2.15. The second kappa shape index (κ2) is 7.07. The number of carbonyl (C=O) groups is 1. The van der Waals surface area contributed by atoms with E-state index in [2.05, 4.69) is 9.97 Å². The summed E-state index contributed by atoms with van der Waals surface area (Å²) in [4.78, 5) is 20.2. The molecule has 4 nitrogen and oxygen atoms in total. The summed E-state index contributed by atoms with van der Waals surface area (Å²) in [5, 5.41) is 10.6. The van der Waals surface area contributed by atoms with Gasteiger partial charge in [-0.3, -0.25) is 0 Å². The number of aromatic nitrogens is 2. The lowest BCUT2D eigenvalue weighted by atomic mass is 10.2. The minimum absolute atomic E-state index is 0.288. The van der Waals surface area contributed by atoms with Crippen molar-refractivity contribution in [1.82, 2.24) is 9.97 Å². The molecular weight excluding hydrogens is 272 g/mol. The van der Waals surface area contributed by atoms with Crippen LogP contribution in [0.5, 0.6) is 0 Å². The number of carboxylic acids is 1. The number of hydrogen-bond acceptors (Lipinski definition) is 4. The van der Waals surface area contributed by atoms with Crippen molar-refractivity contribution in [2.75, 3.05) is 0 Å². The van der Waals surface area contributed by atoms with E-state index in [1.807, 2.05) is 6.92 Å². The van der Waals surface area contributed by atoms with Crippen LogP contribution >= 0.6 is 11.8 Å². The van der Waals surface area contributed by atoms with Crippen molar-refractivity contribution in [3.63, 3.8) is 0 Å². The molecule has 1 aromatic heterocycles. The fourth-order valence-corrected chi connectivity index (χ4v) is 4.01. The first kappa shape index (κ1) is 15.3. The maximum absolute atomic E-state index is 11.5. The Labute approximate surface area is 124 Å². The summed E-state index contributed by atoms with van der Waals surface area (Å²) < 4.78 is 0. The largest absolute Gasteiger partial charge is 0.478 e. The maximum atomic E-state index is 11.5. The molecule has 0 spiro atoms. The van der Waals surface area contributed by atoms with E-state index < -0.39 is 5.97 Å². The smallest absolute Gasteiger partial charge is 0.340 e. The van der Waals surface area contributed by atoms with E-state index in [0.29, 0.717) is 16.0 Å². The number of thioether (sulfide) groups is 1. The Hall–Kier alpha value is -1.10. The van der Waals surface area contributed by atoms with E-state index in [0.717, 1.165) is 25.1 Å². The predicted octanol–water partition coefficient (Wildman–Crippen LogP) is 3.86. The first-order valence-electron chi connectivity index (χ1n) is 7.39. The van der Waals surface area contributed by atoms with E-state index in [1.165, 1.54) is 25.7 Å². The number of nitrogens with zero attached hydrogens (tertiary/aromatic N) is 2. The Morgan fingerprint density at radius 1 is 1.25 bits per heavy atom. The van der Waals surface area contributed by atoms with Crippen LogP contribution in [0.3, 0.4) is 0 Å². The Bertz CT molecular complexity index is 483. The first-order chi connectivity index (χ1) is 9.61. The number of aromatic carboxylic acids is 1. The van der Waals surface area contributed by atoms with Gasteiger partial charge in [-0.2, -0.15) is 0 Å². The van der Waals surface area contributed by atoms with Crippen LogP contribution in [-0.4, -0.2) is 26.3 Å². The molecule has 1 fully saturated rings. The van der Waals surface area contributed by atoms with Gasteiger partial charge < -0.3 is 5.11 Å². The molecule has 0 unspecified atom stereocenters. The van der Waals surface area contributed by atoms with Gasteiger partial charge in [-0.1, -0.05) is 32.6 Å². The third kappa shape index (κ3) is 3.72. The fourth-order valence-electron chi connectivity index (χ4n) is 2.61. The fraction of sp³-hybridized carbons (Fsp3) is 0.667. The third-order valence-electron chi connectivity index (χ3n) is 3.71. The molecule has 5 heteroatoms. The zero-order chi connectivity index (χ0) is 14.5. The Balaban J connectivity index is 2.27. The summed E-state index contributed by atoms with van der Waals surface area (Å²) in [6, 6.07) is 0. The molecule has 110 valence electrons. The first-order valence-corrected chi connectivity index (χ1v) is 8.27. The highest BCUT2D eigenvalue weighted by Gasteiger charge is 2.22. The molecule has 1 N–H and O–H groups in total. The van der Waals surface area contributed by atoms with Crippen molar-refractivity contribution in [3.05, 3.63) is 17.1 Å². The van der Waals surface area contributed by atoms with E-state index in [1.54, 1.807) is 18.7 Å². The molecule has 0 amide bonds.